The number of alkyl halides is 3. The average molecular weight is 701 g/mol. The van der Waals surface area contributed by atoms with E-state index in [0.29, 0.717) is 25.1 Å². The summed E-state index contributed by atoms with van der Waals surface area (Å²) in [6, 6.07) is 3.11. The predicted octanol–water partition coefficient (Wildman–Crippen LogP) is 3.54. The number of Topliss-reactive ketones (excluding diaryl/α,β-unsaturated/α-hetero) is 1. The molecule has 4 aliphatic rings. The minimum Gasteiger partial charge on any atom is -0.507 e. The summed E-state index contributed by atoms with van der Waals surface area (Å²) < 4.78 is 56.8. The van der Waals surface area contributed by atoms with Gasteiger partial charge in [-0.1, -0.05) is 24.3 Å². The first-order valence-corrected chi connectivity index (χ1v) is 15.9. The molecule has 0 bridgehead atoms. The number of ether oxygens (including phenoxy) is 3. The van der Waals surface area contributed by atoms with Crippen molar-refractivity contribution in [3.05, 3.63) is 75.1 Å². The van der Waals surface area contributed by atoms with Crippen LogP contribution in [0.2, 0.25) is 0 Å². The zero-order valence-electron chi connectivity index (χ0n) is 27.3. The first-order chi connectivity index (χ1) is 23.6. The van der Waals surface area contributed by atoms with Gasteiger partial charge in [-0.15, -0.1) is 0 Å². The molecule has 2 aliphatic heterocycles. The second-order valence-corrected chi connectivity index (χ2v) is 12.9. The van der Waals surface area contributed by atoms with E-state index in [1.165, 1.54) is 39.2 Å². The third-order valence-electron chi connectivity index (χ3n) is 9.80. The molecule has 1 amide bonds. The minimum atomic E-state index is -5.17. The van der Waals surface area contributed by atoms with Crippen LogP contribution in [0, 0.1) is 0 Å². The number of hydrogen-bond acceptors (Lipinski definition) is 11. The molecular formula is C35H35F3N2O10. The molecule has 0 aromatic heterocycles. The molecule has 2 aromatic carbocycles. The van der Waals surface area contributed by atoms with Crippen molar-refractivity contribution in [1.29, 1.82) is 0 Å². The van der Waals surface area contributed by atoms with Crippen LogP contribution in [-0.4, -0.2) is 94.3 Å². The molecule has 2 unspecified atom stereocenters. The fourth-order valence-electron chi connectivity index (χ4n) is 7.06. The lowest BCUT2D eigenvalue weighted by molar-refractivity contribution is -0.188. The monoisotopic (exact) mass is 700 g/mol. The first-order valence-electron chi connectivity index (χ1n) is 15.9. The van der Waals surface area contributed by atoms with E-state index in [2.05, 4.69) is 0 Å². The highest BCUT2D eigenvalue weighted by Crippen LogP contribution is 2.52. The van der Waals surface area contributed by atoms with Crippen LogP contribution in [0.15, 0.2) is 41.7 Å². The number of phenolic OH excluding ortho intramolecular Hbond substituents is 2. The van der Waals surface area contributed by atoms with Gasteiger partial charge in [0.25, 0.3) is 0 Å². The van der Waals surface area contributed by atoms with Crippen molar-refractivity contribution < 1.29 is 61.9 Å². The summed E-state index contributed by atoms with van der Waals surface area (Å²) in [6.07, 6.45) is -4.96. The fourth-order valence-corrected chi connectivity index (χ4v) is 7.06. The zero-order chi connectivity index (χ0) is 36.3. The lowest BCUT2D eigenvalue weighted by atomic mass is 9.71. The second kappa shape index (κ2) is 12.9. The van der Waals surface area contributed by atoms with Crippen molar-refractivity contribution in [2.24, 2.45) is 0 Å². The predicted molar refractivity (Wildman–Crippen MR) is 168 cm³/mol. The normalized spacial score (nSPS) is 25.0. The van der Waals surface area contributed by atoms with Gasteiger partial charge in [-0.3, -0.25) is 24.1 Å². The highest BCUT2D eigenvalue weighted by molar-refractivity contribution is 6.31. The van der Waals surface area contributed by atoms with E-state index in [1.807, 2.05) is 17.5 Å². The number of carbonyl (C=O) groups excluding carboxylic acids is 4. The number of methoxy groups -OCH3 is 1. The third kappa shape index (κ3) is 6.03. The number of nitrogens with zero attached hydrogens (tertiary/aromatic N) is 1. The van der Waals surface area contributed by atoms with E-state index in [9.17, 15) is 47.7 Å². The maximum atomic E-state index is 13.9. The molecule has 0 fully saturated rings. The Kier molecular flexibility index (Phi) is 9.03. The van der Waals surface area contributed by atoms with Gasteiger partial charge in [-0.2, -0.15) is 13.2 Å². The van der Waals surface area contributed by atoms with E-state index in [-0.39, 0.29) is 46.7 Å². The lowest BCUT2D eigenvalue weighted by Gasteiger charge is -2.41. The Hall–Kier alpha value is -4.73. The van der Waals surface area contributed by atoms with Gasteiger partial charge in [-0.05, 0) is 31.9 Å². The molecule has 4 N–H and O–H groups in total. The second-order valence-electron chi connectivity index (χ2n) is 12.9. The van der Waals surface area contributed by atoms with Crippen LogP contribution >= 0.6 is 0 Å². The zero-order valence-corrected chi connectivity index (χ0v) is 27.3. The van der Waals surface area contributed by atoms with E-state index in [0.717, 1.165) is 0 Å². The molecular weight excluding hydrogens is 665 g/mol. The standard InChI is InChI=1S/C35H35F3N2O10/c1-16-17(2)49-24(12-20(16)39-33(46)35(36,37)38)50-22-14-34(47,23(41)15-40-10-5-4-6-11-40)13-19-26(22)32(45)28-27(30(19)43)29(42)18-8-7-9-21(48-3)25(18)31(28)44/h4-5,7-9,20,22,24,43,45,47H,6,10-15H2,1-3H3,(H,39,46)/t20?,22-,24?,34-/m0/s1. The number of phenols is 2. The van der Waals surface area contributed by atoms with E-state index in [1.54, 1.807) is 4.90 Å². The van der Waals surface area contributed by atoms with Crippen LogP contribution in [0.3, 0.4) is 0 Å². The van der Waals surface area contributed by atoms with Gasteiger partial charge >= 0.3 is 12.1 Å². The van der Waals surface area contributed by atoms with Gasteiger partial charge < -0.3 is 34.8 Å². The van der Waals surface area contributed by atoms with Gasteiger partial charge in [0.05, 0.1) is 48.2 Å². The number of rotatable bonds is 7. The molecule has 6 rings (SSSR count). The number of fused-ring (bicyclic) bond motifs is 3. The number of halogens is 3. The van der Waals surface area contributed by atoms with Crippen molar-refractivity contribution >= 4 is 23.3 Å². The topological polar surface area (TPSA) is 172 Å². The molecule has 0 radical (unpaired) electrons. The number of aromatic hydroxyl groups is 2. The van der Waals surface area contributed by atoms with Crippen LogP contribution < -0.4 is 10.1 Å². The third-order valence-corrected chi connectivity index (χ3v) is 9.80. The summed E-state index contributed by atoms with van der Waals surface area (Å²) in [5.41, 5.74) is -3.66. The Bertz CT molecular complexity index is 1870. The van der Waals surface area contributed by atoms with Crippen molar-refractivity contribution in [1.82, 2.24) is 10.2 Å². The first kappa shape index (κ1) is 35.1. The Labute approximate surface area is 284 Å². The van der Waals surface area contributed by atoms with Crippen LogP contribution in [0.5, 0.6) is 17.2 Å². The quantitative estimate of drug-likeness (QED) is 0.210. The summed E-state index contributed by atoms with van der Waals surface area (Å²) in [5, 5.41) is 37.4. The molecule has 50 heavy (non-hydrogen) atoms. The Morgan fingerprint density at radius 3 is 2.46 bits per heavy atom. The van der Waals surface area contributed by atoms with Gasteiger partial charge in [0, 0.05) is 49.0 Å². The Morgan fingerprint density at radius 1 is 1.08 bits per heavy atom. The van der Waals surface area contributed by atoms with Crippen LogP contribution in [0.25, 0.3) is 0 Å². The van der Waals surface area contributed by atoms with Gasteiger partial charge in [0.15, 0.2) is 11.6 Å². The summed E-state index contributed by atoms with van der Waals surface area (Å²) in [6.45, 7) is 3.73. The van der Waals surface area contributed by atoms with Crippen molar-refractivity contribution in [2.45, 2.75) is 69.7 Å². The van der Waals surface area contributed by atoms with Gasteiger partial charge in [-0.25, -0.2) is 0 Å². The summed E-state index contributed by atoms with van der Waals surface area (Å²) >= 11 is 0. The molecule has 15 heteroatoms. The SMILES string of the molecule is COc1cccc2c1C(=O)c1c(O)c3c(c(O)c1C2=O)C[C@@](O)(C(=O)CN1CC=CCC1)C[C@@H]3OC1CC(NC(=O)C(F)(F)F)C(C)=C(C)O1. The number of allylic oxidation sites excluding steroid dienone is 1. The van der Waals surface area contributed by atoms with E-state index >= 15 is 0 Å². The summed E-state index contributed by atoms with van der Waals surface area (Å²) in [4.78, 5) is 55.2. The van der Waals surface area contributed by atoms with E-state index in [4.69, 9.17) is 14.2 Å². The van der Waals surface area contributed by atoms with Gasteiger partial charge in [0.1, 0.15) is 22.8 Å². The number of aliphatic hydroxyl groups is 1. The molecule has 2 aromatic rings. The number of hydrogen-bond donors (Lipinski definition) is 4. The molecule has 4 atom stereocenters. The number of nitrogens with one attached hydrogen (secondary N) is 1. The summed E-state index contributed by atoms with van der Waals surface area (Å²) in [5.74, 6) is -5.78. The van der Waals surface area contributed by atoms with Crippen LogP contribution in [0.1, 0.15) is 82.2 Å². The van der Waals surface area contributed by atoms with Gasteiger partial charge in [0.2, 0.25) is 12.1 Å². The number of amides is 1. The van der Waals surface area contributed by atoms with E-state index < -0.39 is 88.9 Å². The number of carbonyl (C=O) groups is 4. The molecule has 0 spiro atoms. The smallest absolute Gasteiger partial charge is 0.471 e. The Balaban J connectivity index is 1.44. The fraction of sp³-hybridized carbons (Fsp3) is 0.429. The van der Waals surface area contributed by atoms with Crippen LogP contribution in [0.4, 0.5) is 13.2 Å². The number of ketones is 3. The lowest BCUT2D eigenvalue weighted by Crippen LogP contribution is -2.51. The number of benzene rings is 2. The highest BCUT2D eigenvalue weighted by atomic mass is 19.4. The van der Waals surface area contributed by atoms with Crippen molar-refractivity contribution in [2.75, 3.05) is 26.7 Å². The molecule has 0 saturated heterocycles. The molecule has 2 aliphatic carbocycles. The average Bonchev–Trinajstić information content (AvgIpc) is 3.06. The van der Waals surface area contributed by atoms with Crippen molar-refractivity contribution in [3.8, 4) is 17.2 Å². The minimum absolute atomic E-state index is 0.0450. The largest absolute Gasteiger partial charge is 0.507 e. The highest BCUT2D eigenvalue weighted by Gasteiger charge is 2.50. The molecule has 0 saturated carbocycles. The molecule has 12 nitrogen and oxygen atoms in total. The maximum Gasteiger partial charge on any atom is 0.471 e. The summed E-state index contributed by atoms with van der Waals surface area (Å²) in [7, 11) is 1.29. The Morgan fingerprint density at radius 2 is 1.80 bits per heavy atom. The van der Waals surface area contributed by atoms with Crippen molar-refractivity contribution in [3.63, 3.8) is 0 Å². The maximum absolute atomic E-state index is 13.9. The molecule has 2 heterocycles. The van der Waals surface area contributed by atoms with Crippen LogP contribution in [-0.2, 0) is 25.5 Å². The molecule has 266 valence electrons.